The molecular weight excluding hydrogens is 582 g/mol. The molecule has 232 valence electrons. The van der Waals surface area contributed by atoms with Crippen molar-refractivity contribution in [2.75, 3.05) is 71.4 Å². The van der Waals surface area contributed by atoms with Gasteiger partial charge in [0.25, 0.3) is 0 Å². The zero-order valence-electron chi connectivity index (χ0n) is 25.8. The zero-order chi connectivity index (χ0) is 31.9. The Morgan fingerprint density at radius 2 is 1.45 bits per heavy atom. The van der Waals surface area contributed by atoms with Gasteiger partial charge in [-0.05, 0) is 68.3 Å². The number of esters is 2. The monoisotopic (exact) mass is 622 g/mol. The summed E-state index contributed by atoms with van der Waals surface area (Å²) in [5, 5.41) is 0. The predicted molar refractivity (Wildman–Crippen MR) is 166 cm³/mol. The van der Waals surface area contributed by atoms with Crippen LogP contribution in [0.3, 0.4) is 0 Å². The van der Waals surface area contributed by atoms with Gasteiger partial charge in [0.15, 0.2) is 5.78 Å². The summed E-state index contributed by atoms with van der Waals surface area (Å²) in [6.07, 6.45) is 4.21. The van der Waals surface area contributed by atoms with Gasteiger partial charge in [0.1, 0.15) is 18.8 Å². The molecule has 2 aromatic carbocycles. The average molecular weight is 623 g/mol. The van der Waals surface area contributed by atoms with E-state index in [4.69, 9.17) is 14.2 Å². The molecule has 3 aliphatic rings. The molecule has 0 saturated carbocycles. The van der Waals surface area contributed by atoms with Gasteiger partial charge in [0.05, 0.1) is 6.61 Å². The van der Waals surface area contributed by atoms with Crippen LogP contribution in [0.15, 0.2) is 54.6 Å². The van der Waals surface area contributed by atoms with Crippen molar-refractivity contribution in [3.63, 3.8) is 0 Å². The fraction of sp³-hybridized carbons (Fsp3) is 0.469. The number of ketones is 1. The number of carbonyl (C=O) groups excluding carboxylic acids is 3. The molecule has 44 heavy (non-hydrogen) atoms. The van der Waals surface area contributed by atoms with Gasteiger partial charge >= 0.3 is 32.2 Å². The van der Waals surface area contributed by atoms with Gasteiger partial charge in [-0.2, -0.15) is 0 Å². The molecular formula is C32H40AlFN4O6+2. The molecule has 3 saturated heterocycles. The number of allylic oxidation sites excluding steroid dienone is 1. The molecule has 2 atom stereocenters. The van der Waals surface area contributed by atoms with Crippen molar-refractivity contribution in [2.24, 2.45) is 0 Å². The Bertz CT molecular complexity index is 1300. The van der Waals surface area contributed by atoms with Crippen LogP contribution in [-0.4, -0.2) is 127 Å². The van der Waals surface area contributed by atoms with Crippen LogP contribution in [0.25, 0.3) is 6.08 Å². The molecule has 3 heterocycles. The third-order valence-corrected chi connectivity index (χ3v) is 8.57. The molecule has 0 unspecified atom stereocenters. The summed E-state index contributed by atoms with van der Waals surface area (Å²) in [7, 11) is 3.99. The quantitative estimate of drug-likeness (QED) is 0.137. The fourth-order valence-corrected chi connectivity index (χ4v) is 5.82. The molecule has 12 heteroatoms. The summed E-state index contributed by atoms with van der Waals surface area (Å²) in [5.74, 6) is 0.0430. The molecule has 0 amide bonds. The first-order valence-corrected chi connectivity index (χ1v) is 15.1. The first-order valence-electron chi connectivity index (χ1n) is 14.7. The number of hydrogen-bond acceptors (Lipinski definition) is 10. The maximum atomic E-state index is 12.6. The normalized spacial score (nSPS) is 24.2. The number of fused-ring (bicyclic) bond motifs is 3. The Kier molecular flexibility index (Phi) is 11.2. The topological polar surface area (TPSA) is 91.9 Å². The van der Waals surface area contributed by atoms with Crippen molar-refractivity contribution in [1.29, 1.82) is 0 Å². The number of hydrogen-bond donors (Lipinski definition) is 0. The van der Waals surface area contributed by atoms with E-state index < -0.39 is 11.4 Å². The Morgan fingerprint density at radius 3 is 1.98 bits per heavy atom. The molecule has 10 nitrogen and oxygen atoms in total. The van der Waals surface area contributed by atoms with Crippen LogP contribution >= 0.6 is 0 Å². The second-order valence-electron chi connectivity index (χ2n) is 11.5. The molecule has 0 aromatic heterocycles. The van der Waals surface area contributed by atoms with Gasteiger partial charge < -0.3 is 24.0 Å². The van der Waals surface area contributed by atoms with E-state index in [2.05, 4.69) is 4.90 Å². The molecule has 0 N–H and O–H groups in total. The fourth-order valence-electron chi connectivity index (χ4n) is 5.82. The minimum absolute atomic E-state index is 0.0614. The van der Waals surface area contributed by atoms with Crippen LogP contribution < -0.4 is 9.64 Å². The molecule has 0 radical (unpaired) electrons. The summed E-state index contributed by atoms with van der Waals surface area (Å²) < 4.78 is 26.9. The Hall–Kier alpha value is -3.27. The van der Waals surface area contributed by atoms with Crippen LogP contribution in [0, 0.1) is 0 Å². The number of ether oxygens (including phenoxy) is 3. The van der Waals surface area contributed by atoms with Crippen LogP contribution in [-0.2, 0) is 19.1 Å². The summed E-state index contributed by atoms with van der Waals surface area (Å²) in [5.41, 5.74) is 0.619. The van der Waals surface area contributed by atoms with Crippen molar-refractivity contribution < 1.29 is 32.1 Å². The number of rotatable bonds is 9. The van der Waals surface area contributed by atoms with Crippen molar-refractivity contribution >= 4 is 46.2 Å². The zero-order valence-corrected chi connectivity index (χ0v) is 27.0. The molecule has 0 spiro atoms. The molecule has 5 rings (SSSR count). The first kappa shape index (κ1) is 33.6. The van der Waals surface area contributed by atoms with E-state index in [0.29, 0.717) is 31.0 Å². The van der Waals surface area contributed by atoms with Gasteiger partial charge in [-0.25, -0.2) is 9.80 Å². The van der Waals surface area contributed by atoms with E-state index in [0.717, 1.165) is 54.1 Å². The van der Waals surface area contributed by atoms with E-state index in [1.807, 2.05) is 85.1 Å². The van der Waals surface area contributed by atoms with Crippen LogP contribution in [0.5, 0.6) is 5.75 Å². The van der Waals surface area contributed by atoms with Crippen molar-refractivity contribution in [1.82, 2.24) is 14.7 Å². The van der Waals surface area contributed by atoms with Crippen molar-refractivity contribution in [3.8, 4) is 5.75 Å². The van der Waals surface area contributed by atoms with Crippen LogP contribution in [0.4, 0.5) is 9.21 Å². The number of halogens is 1. The molecule has 3 fully saturated rings. The minimum atomic E-state index is -1.03. The Balaban J connectivity index is 0.00000216. The van der Waals surface area contributed by atoms with Crippen molar-refractivity contribution in [3.05, 3.63) is 65.7 Å². The number of benzene rings is 2. The van der Waals surface area contributed by atoms with E-state index in [1.165, 1.54) is 0 Å². The second kappa shape index (κ2) is 14.7. The standard InChI is InChI=1S/C32H40N4O6.Al.FH/c1-31-32(2)36(23-30(39)42-32)20-18-34(17-19-35(31)22-29(38)41-31)16-5-21-40-27-13-9-25(10-14-27)28(37)15-8-24-6-11-26(12-7-24)33(3)4;;/h6-15H,5,16-23H2,1-4H3;;1H/q;+3;/p-1/b15-8+;;/t31-,32+;;. The van der Waals surface area contributed by atoms with E-state index in [-0.39, 0.29) is 30.8 Å². The summed E-state index contributed by atoms with van der Waals surface area (Å²) in [6, 6.07) is 15.2. The summed E-state index contributed by atoms with van der Waals surface area (Å²) in [6.45, 7) is 8.11. The van der Waals surface area contributed by atoms with Gasteiger partial charge in [-0.15, -0.1) is 0 Å². The predicted octanol–water partition coefficient (Wildman–Crippen LogP) is 2.92. The molecule has 0 aliphatic carbocycles. The van der Waals surface area contributed by atoms with E-state index in [9.17, 15) is 17.9 Å². The summed E-state index contributed by atoms with van der Waals surface area (Å²) >= 11 is 0.917. The molecule has 3 aliphatic heterocycles. The Labute approximate surface area is 267 Å². The SMILES string of the molecule is CN(C)c1ccc(/C=C/C(=O)c2ccc(OCCCN3CCN4CC(=O)O[C@]4(C)[C@]4(C)OC(=O)CN4CC3)cc2)cc1.[F][Al+2]. The number of carbonyl (C=O) groups is 3. The van der Waals surface area contributed by atoms with E-state index >= 15 is 0 Å². The van der Waals surface area contributed by atoms with Crippen molar-refractivity contribution in [2.45, 2.75) is 31.7 Å². The molecule has 0 bridgehead atoms. The summed E-state index contributed by atoms with van der Waals surface area (Å²) in [4.78, 5) is 45.5. The number of anilines is 1. The van der Waals surface area contributed by atoms with Crippen LogP contribution in [0.1, 0.15) is 36.2 Å². The second-order valence-corrected chi connectivity index (χ2v) is 11.5. The van der Waals surface area contributed by atoms with Gasteiger partial charge in [-0.3, -0.25) is 14.4 Å². The molecule has 2 aromatic rings. The number of nitrogens with zero attached hydrogens (tertiary/aromatic N) is 4. The van der Waals surface area contributed by atoms with E-state index in [1.54, 1.807) is 18.2 Å². The van der Waals surface area contributed by atoms with Gasteiger partial charge in [0, 0.05) is 58.1 Å². The van der Waals surface area contributed by atoms with Gasteiger partial charge in [-0.1, -0.05) is 18.2 Å². The van der Waals surface area contributed by atoms with Crippen LogP contribution in [0.2, 0.25) is 0 Å². The maximum absolute atomic E-state index is 12.6. The average Bonchev–Trinajstić information content (AvgIpc) is 3.50. The third kappa shape index (κ3) is 7.50. The first-order chi connectivity index (χ1) is 21.1. The van der Waals surface area contributed by atoms with Gasteiger partial charge in [0.2, 0.25) is 11.4 Å². The third-order valence-electron chi connectivity index (χ3n) is 8.57. The Morgan fingerprint density at radius 1 is 0.909 bits per heavy atom.